The van der Waals surface area contributed by atoms with Crippen molar-refractivity contribution in [2.75, 3.05) is 57.3 Å². The highest BCUT2D eigenvalue weighted by molar-refractivity contribution is 6.33. The topological polar surface area (TPSA) is 90.6 Å². The SMILES string of the molecule is CCN1CCN(c2nc(C)nc3c2nc(-c2ccccc2Cl)n3C2CN(CC(=O)O)C2)CC1. The number of hydrogen-bond donors (Lipinski definition) is 1. The number of fused-ring (bicyclic) bond motifs is 1. The fourth-order valence-corrected chi connectivity index (χ4v) is 4.99. The van der Waals surface area contributed by atoms with Gasteiger partial charge in [0.15, 0.2) is 17.0 Å². The minimum atomic E-state index is -0.818. The number of anilines is 1. The molecule has 5 rings (SSSR count). The molecule has 10 heteroatoms. The van der Waals surface area contributed by atoms with Crippen LogP contribution in [0.15, 0.2) is 24.3 Å². The summed E-state index contributed by atoms with van der Waals surface area (Å²) in [4.78, 5) is 32.4. The van der Waals surface area contributed by atoms with Gasteiger partial charge in [0.25, 0.3) is 0 Å². The van der Waals surface area contributed by atoms with E-state index in [1.165, 1.54) is 0 Å². The second kappa shape index (κ2) is 8.89. The third-order valence-corrected chi connectivity index (χ3v) is 6.86. The quantitative estimate of drug-likeness (QED) is 0.589. The van der Waals surface area contributed by atoms with Crippen LogP contribution in [-0.4, -0.2) is 92.8 Å². The number of carbonyl (C=O) groups is 1. The molecule has 0 amide bonds. The fourth-order valence-electron chi connectivity index (χ4n) is 4.77. The number of nitrogens with zero attached hydrogens (tertiary/aromatic N) is 7. The number of aliphatic carboxylic acids is 1. The van der Waals surface area contributed by atoms with Gasteiger partial charge >= 0.3 is 5.97 Å². The summed E-state index contributed by atoms with van der Waals surface area (Å²) < 4.78 is 2.13. The van der Waals surface area contributed by atoms with Crippen LogP contribution in [0.25, 0.3) is 22.6 Å². The first-order valence-electron chi connectivity index (χ1n) is 11.4. The van der Waals surface area contributed by atoms with E-state index in [0.717, 1.165) is 61.1 Å². The number of benzene rings is 1. The number of likely N-dealkylation sites (N-methyl/N-ethyl adjacent to an activating group) is 1. The average molecular weight is 470 g/mol. The Morgan fingerprint density at radius 2 is 1.82 bits per heavy atom. The van der Waals surface area contributed by atoms with Crippen LogP contribution in [0.3, 0.4) is 0 Å². The van der Waals surface area contributed by atoms with E-state index in [0.29, 0.717) is 23.9 Å². The zero-order valence-corrected chi connectivity index (χ0v) is 19.7. The first-order valence-corrected chi connectivity index (χ1v) is 11.7. The lowest BCUT2D eigenvalue weighted by Gasteiger charge is -2.39. The number of likely N-dealkylation sites (tertiary alicyclic amines) is 1. The molecule has 2 aliphatic heterocycles. The lowest BCUT2D eigenvalue weighted by Crippen LogP contribution is -2.49. The van der Waals surface area contributed by atoms with Crippen LogP contribution in [0.1, 0.15) is 18.8 Å². The molecule has 0 aliphatic carbocycles. The maximum atomic E-state index is 11.1. The van der Waals surface area contributed by atoms with Crippen LogP contribution >= 0.6 is 11.6 Å². The summed E-state index contributed by atoms with van der Waals surface area (Å²) in [6, 6.07) is 7.75. The van der Waals surface area contributed by atoms with Crippen LogP contribution in [0.5, 0.6) is 0 Å². The van der Waals surface area contributed by atoms with Crippen molar-refractivity contribution in [3.63, 3.8) is 0 Å². The molecule has 2 fully saturated rings. The monoisotopic (exact) mass is 469 g/mol. The minimum absolute atomic E-state index is 0.0333. The van der Waals surface area contributed by atoms with Gasteiger partial charge in [-0.1, -0.05) is 30.7 Å². The van der Waals surface area contributed by atoms with Crippen LogP contribution in [0, 0.1) is 6.92 Å². The number of rotatable bonds is 6. The number of carboxylic acids is 1. The lowest BCUT2D eigenvalue weighted by molar-refractivity contribution is -0.139. The molecule has 1 aromatic carbocycles. The molecular formula is C23H28ClN7O2. The Kier molecular flexibility index (Phi) is 5.94. The third kappa shape index (κ3) is 4.16. The third-order valence-electron chi connectivity index (χ3n) is 6.53. The first-order chi connectivity index (χ1) is 15.9. The zero-order valence-electron chi connectivity index (χ0n) is 18.9. The Morgan fingerprint density at radius 3 is 2.48 bits per heavy atom. The van der Waals surface area contributed by atoms with E-state index >= 15 is 0 Å². The predicted octanol–water partition coefficient (Wildman–Crippen LogP) is 2.54. The van der Waals surface area contributed by atoms with Gasteiger partial charge < -0.3 is 19.5 Å². The summed E-state index contributed by atoms with van der Waals surface area (Å²) >= 11 is 6.58. The van der Waals surface area contributed by atoms with Crippen molar-refractivity contribution in [1.82, 2.24) is 29.3 Å². The van der Waals surface area contributed by atoms with Crippen LogP contribution in [0.4, 0.5) is 5.82 Å². The summed E-state index contributed by atoms with van der Waals surface area (Å²) in [6.45, 7) is 10.2. The maximum Gasteiger partial charge on any atom is 0.317 e. The van der Waals surface area contributed by atoms with Crippen LogP contribution < -0.4 is 4.90 Å². The summed E-state index contributed by atoms with van der Waals surface area (Å²) in [5.74, 6) is 1.50. The Hall–Kier alpha value is -2.75. The normalized spacial score (nSPS) is 18.1. The summed E-state index contributed by atoms with van der Waals surface area (Å²) in [5, 5.41) is 9.78. The van der Waals surface area contributed by atoms with E-state index in [-0.39, 0.29) is 12.6 Å². The molecule has 3 aromatic rings. The summed E-state index contributed by atoms with van der Waals surface area (Å²) in [6.07, 6.45) is 0. The fraction of sp³-hybridized carbons (Fsp3) is 0.478. The molecule has 174 valence electrons. The number of aromatic nitrogens is 4. The predicted molar refractivity (Wildman–Crippen MR) is 128 cm³/mol. The molecular weight excluding hydrogens is 442 g/mol. The van der Waals surface area contributed by atoms with Crippen LogP contribution in [-0.2, 0) is 4.79 Å². The van der Waals surface area contributed by atoms with Gasteiger partial charge in [-0.2, -0.15) is 0 Å². The molecule has 0 bridgehead atoms. The van der Waals surface area contributed by atoms with Gasteiger partial charge in [0.2, 0.25) is 0 Å². The van der Waals surface area contributed by atoms with Crippen LogP contribution in [0.2, 0.25) is 5.02 Å². The molecule has 9 nitrogen and oxygen atoms in total. The summed E-state index contributed by atoms with van der Waals surface area (Å²) in [7, 11) is 0. The van der Waals surface area contributed by atoms with Crippen molar-refractivity contribution in [1.29, 1.82) is 0 Å². The molecule has 2 aliphatic rings. The van der Waals surface area contributed by atoms with Crippen molar-refractivity contribution in [3.8, 4) is 11.4 Å². The first kappa shape index (κ1) is 22.1. The molecule has 2 saturated heterocycles. The largest absolute Gasteiger partial charge is 0.480 e. The van der Waals surface area contributed by atoms with Crippen molar-refractivity contribution in [3.05, 3.63) is 35.1 Å². The van der Waals surface area contributed by atoms with Gasteiger partial charge in [-0.3, -0.25) is 9.69 Å². The molecule has 0 atom stereocenters. The van der Waals surface area contributed by atoms with Crippen molar-refractivity contribution < 1.29 is 9.90 Å². The molecule has 33 heavy (non-hydrogen) atoms. The number of hydrogen-bond acceptors (Lipinski definition) is 7. The number of aryl methyl sites for hydroxylation is 1. The van der Waals surface area contributed by atoms with E-state index < -0.39 is 5.97 Å². The zero-order chi connectivity index (χ0) is 23.1. The molecule has 2 aromatic heterocycles. The maximum absolute atomic E-state index is 11.1. The molecule has 0 unspecified atom stereocenters. The van der Waals surface area contributed by atoms with E-state index in [2.05, 4.69) is 21.3 Å². The Bertz CT molecular complexity index is 1180. The standard InChI is InChI=1S/C23H28ClN7O2/c1-3-28-8-10-30(11-9-28)22-20-23(26-15(2)25-22)31(16-12-29(13-16)14-19(32)33)21(27-20)17-6-4-5-7-18(17)24/h4-7,16H,3,8-14H2,1-2H3,(H,32,33). The van der Waals surface area contributed by atoms with Gasteiger partial charge in [0.1, 0.15) is 11.6 Å². The van der Waals surface area contributed by atoms with E-state index in [9.17, 15) is 4.79 Å². The highest BCUT2D eigenvalue weighted by atomic mass is 35.5. The highest BCUT2D eigenvalue weighted by Gasteiger charge is 2.34. The number of halogens is 1. The van der Waals surface area contributed by atoms with Gasteiger partial charge in [-0.25, -0.2) is 15.0 Å². The average Bonchev–Trinajstić information content (AvgIpc) is 3.14. The van der Waals surface area contributed by atoms with Crippen molar-refractivity contribution in [2.45, 2.75) is 19.9 Å². The Morgan fingerprint density at radius 1 is 1.09 bits per heavy atom. The van der Waals surface area contributed by atoms with Gasteiger partial charge in [0, 0.05) is 44.8 Å². The summed E-state index contributed by atoms with van der Waals surface area (Å²) in [5.41, 5.74) is 2.40. The number of piperazine rings is 1. The second-order valence-electron chi connectivity index (χ2n) is 8.71. The van der Waals surface area contributed by atoms with Gasteiger partial charge in [0.05, 0.1) is 17.6 Å². The Labute approximate surface area is 197 Å². The van der Waals surface area contributed by atoms with E-state index in [4.69, 9.17) is 31.7 Å². The smallest absolute Gasteiger partial charge is 0.317 e. The molecule has 0 spiro atoms. The molecule has 0 radical (unpaired) electrons. The van der Waals surface area contributed by atoms with E-state index in [1.54, 1.807) is 0 Å². The molecule has 0 saturated carbocycles. The number of imidazole rings is 1. The van der Waals surface area contributed by atoms with Gasteiger partial charge in [-0.05, 0) is 25.6 Å². The van der Waals surface area contributed by atoms with E-state index in [1.807, 2.05) is 36.1 Å². The second-order valence-corrected chi connectivity index (χ2v) is 9.12. The minimum Gasteiger partial charge on any atom is -0.480 e. The van der Waals surface area contributed by atoms with Crippen molar-refractivity contribution in [2.24, 2.45) is 0 Å². The molecule has 4 heterocycles. The lowest BCUT2D eigenvalue weighted by atomic mass is 10.1. The highest BCUT2D eigenvalue weighted by Crippen LogP contribution is 2.37. The van der Waals surface area contributed by atoms with Crippen molar-refractivity contribution >= 4 is 34.6 Å². The van der Waals surface area contributed by atoms with Gasteiger partial charge in [-0.15, -0.1) is 0 Å². The Balaban J connectivity index is 1.61. The number of carboxylic acid groups (broad SMARTS) is 1. The molecule has 1 N–H and O–H groups in total.